The van der Waals surface area contributed by atoms with Crippen LogP contribution in [0.2, 0.25) is 0 Å². The maximum atomic E-state index is 13.5. The number of hydrogen-bond acceptors (Lipinski definition) is 5. The van der Waals surface area contributed by atoms with E-state index in [2.05, 4.69) is 6.07 Å². The minimum absolute atomic E-state index is 0.0314. The molecule has 1 fully saturated rings. The van der Waals surface area contributed by atoms with Crippen LogP contribution in [0.4, 0.5) is 4.39 Å². The molecule has 0 radical (unpaired) electrons. The number of amides is 1. The first-order valence-electron chi connectivity index (χ1n) is 10.8. The van der Waals surface area contributed by atoms with Gasteiger partial charge in [0.2, 0.25) is 5.91 Å². The molecule has 5 rings (SSSR count). The van der Waals surface area contributed by atoms with Crippen molar-refractivity contribution in [1.29, 1.82) is 0 Å². The smallest absolute Gasteiger partial charge is 0.266 e. The number of nitrogens with zero attached hydrogens (tertiary/aromatic N) is 3. The molecule has 8 heteroatoms. The second kappa shape index (κ2) is 9.11. The molecule has 2 aromatic carbocycles. The molecule has 33 heavy (non-hydrogen) atoms. The zero-order valence-corrected chi connectivity index (χ0v) is 19.6. The van der Waals surface area contributed by atoms with Crippen molar-refractivity contribution in [2.75, 3.05) is 6.54 Å². The standard InChI is InChI=1S/C25H22FN3O2S2/c1-16(23(30)28-14-4-8-21(28)22-9-5-15-32-22)33-25-27-20-7-3-2-6-19(20)24(31)29(25)18-12-10-17(26)11-13-18/h2-3,5-7,9-13,15-16,21H,4,8,14H2,1H3. The van der Waals surface area contributed by atoms with E-state index in [4.69, 9.17) is 4.98 Å². The molecule has 2 atom stereocenters. The maximum absolute atomic E-state index is 13.5. The second-order valence-corrected chi connectivity index (χ2v) is 10.3. The summed E-state index contributed by atoms with van der Waals surface area (Å²) in [5.74, 6) is -0.351. The summed E-state index contributed by atoms with van der Waals surface area (Å²) in [6.07, 6.45) is 1.93. The van der Waals surface area contributed by atoms with Gasteiger partial charge in [0.25, 0.3) is 5.56 Å². The summed E-state index contributed by atoms with van der Waals surface area (Å²) < 4.78 is 15.0. The maximum Gasteiger partial charge on any atom is 0.266 e. The van der Waals surface area contributed by atoms with Gasteiger partial charge in [-0.1, -0.05) is 30.0 Å². The summed E-state index contributed by atoms with van der Waals surface area (Å²) in [5.41, 5.74) is 0.840. The van der Waals surface area contributed by atoms with Crippen LogP contribution >= 0.6 is 23.1 Å². The third-order valence-electron chi connectivity index (χ3n) is 5.87. The lowest BCUT2D eigenvalue weighted by Gasteiger charge is -2.27. The molecule has 0 saturated carbocycles. The topological polar surface area (TPSA) is 55.2 Å². The molecule has 168 valence electrons. The van der Waals surface area contributed by atoms with Gasteiger partial charge in [-0.15, -0.1) is 11.3 Å². The fraction of sp³-hybridized carbons (Fsp3) is 0.240. The molecule has 2 aromatic heterocycles. The van der Waals surface area contributed by atoms with Gasteiger partial charge in [-0.3, -0.25) is 14.2 Å². The molecule has 1 aliphatic heterocycles. The van der Waals surface area contributed by atoms with E-state index in [0.29, 0.717) is 21.7 Å². The Hall–Kier alpha value is -2.97. The van der Waals surface area contributed by atoms with Crippen molar-refractivity contribution in [3.63, 3.8) is 0 Å². The summed E-state index contributed by atoms with van der Waals surface area (Å²) in [4.78, 5) is 34.7. The average molecular weight is 480 g/mol. The van der Waals surface area contributed by atoms with Crippen molar-refractivity contribution in [3.8, 4) is 5.69 Å². The largest absolute Gasteiger partial charge is 0.334 e. The minimum atomic E-state index is -0.440. The zero-order valence-electron chi connectivity index (χ0n) is 18.0. The summed E-state index contributed by atoms with van der Waals surface area (Å²) in [7, 11) is 0. The molecule has 0 aliphatic carbocycles. The number of carbonyl (C=O) groups excluding carboxylic acids is 1. The number of fused-ring (bicyclic) bond motifs is 1. The molecule has 0 N–H and O–H groups in total. The van der Waals surface area contributed by atoms with Crippen LogP contribution < -0.4 is 5.56 Å². The molecule has 2 unspecified atom stereocenters. The van der Waals surface area contributed by atoms with E-state index in [9.17, 15) is 14.0 Å². The molecule has 4 aromatic rings. The number of likely N-dealkylation sites (tertiary alicyclic amines) is 1. The summed E-state index contributed by atoms with van der Waals surface area (Å²) in [5, 5.41) is 2.49. The quantitative estimate of drug-likeness (QED) is 0.283. The van der Waals surface area contributed by atoms with Crippen LogP contribution in [-0.4, -0.2) is 32.2 Å². The number of para-hydroxylation sites is 1. The Kier molecular flexibility index (Phi) is 6.03. The fourth-order valence-corrected chi connectivity index (χ4v) is 6.13. The first kappa shape index (κ1) is 21.9. The van der Waals surface area contributed by atoms with Crippen LogP contribution in [0.3, 0.4) is 0 Å². The highest BCUT2D eigenvalue weighted by Crippen LogP contribution is 2.36. The number of aromatic nitrogens is 2. The average Bonchev–Trinajstić information content (AvgIpc) is 3.52. The third-order valence-corrected chi connectivity index (χ3v) is 7.88. The van der Waals surface area contributed by atoms with E-state index in [0.717, 1.165) is 19.4 Å². The van der Waals surface area contributed by atoms with E-state index in [-0.39, 0.29) is 23.3 Å². The van der Waals surface area contributed by atoms with Crippen LogP contribution in [-0.2, 0) is 4.79 Å². The highest BCUT2D eigenvalue weighted by molar-refractivity contribution is 8.00. The lowest BCUT2D eigenvalue weighted by molar-refractivity contribution is -0.131. The van der Waals surface area contributed by atoms with Crippen molar-refractivity contribution in [1.82, 2.24) is 14.5 Å². The fourth-order valence-electron chi connectivity index (χ4n) is 4.26. The first-order valence-corrected chi connectivity index (χ1v) is 12.6. The first-order chi connectivity index (χ1) is 16.0. The second-order valence-electron chi connectivity index (χ2n) is 7.99. The number of benzene rings is 2. The van der Waals surface area contributed by atoms with Gasteiger partial charge in [0, 0.05) is 11.4 Å². The SMILES string of the molecule is CC(Sc1nc2ccccc2c(=O)n1-c1ccc(F)cc1)C(=O)N1CCCC1c1cccs1. The van der Waals surface area contributed by atoms with Gasteiger partial charge in [0.1, 0.15) is 5.82 Å². The molecule has 3 heterocycles. The molecule has 1 aliphatic rings. The van der Waals surface area contributed by atoms with Gasteiger partial charge < -0.3 is 4.90 Å². The van der Waals surface area contributed by atoms with Gasteiger partial charge in [0.15, 0.2) is 5.16 Å². The highest BCUT2D eigenvalue weighted by atomic mass is 32.2. The van der Waals surface area contributed by atoms with Crippen LogP contribution in [0.25, 0.3) is 16.6 Å². The minimum Gasteiger partial charge on any atom is -0.334 e. The third kappa shape index (κ3) is 4.20. The van der Waals surface area contributed by atoms with Gasteiger partial charge in [-0.2, -0.15) is 0 Å². The Morgan fingerprint density at radius 1 is 1.15 bits per heavy atom. The Balaban J connectivity index is 1.51. The lowest BCUT2D eigenvalue weighted by atomic mass is 10.2. The van der Waals surface area contributed by atoms with Crippen molar-refractivity contribution < 1.29 is 9.18 Å². The number of halogens is 1. The number of rotatable bonds is 5. The van der Waals surface area contributed by atoms with Crippen LogP contribution in [0.15, 0.2) is 76.0 Å². The van der Waals surface area contributed by atoms with E-state index in [1.54, 1.807) is 41.7 Å². The van der Waals surface area contributed by atoms with Crippen LogP contribution in [0, 0.1) is 5.82 Å². The highest BCUT2D eigenvalue weighted by Gasteiger charge is 2.34. The molecule has 5 nitrogen and oxygen atoms in total. The molecule has 1 amide bonds. The van der Waals surface area contributed by atoms with Crippen molar-refractivity contribution in [2.24, 2.45) is 0 Å². The molecule has 0 spiro atoms. The normalized spacial score (nSPS) is 16.9. The van der Waals surface area contributed by atoms with Gasteiger partial charge in [-0.05, 0) is 67.6 Å². The van der Waals surface area contributed by atoms with E-state index in [1.165, 1.54) is 33.3 Å². The molecule has 0 bridgehead atoms. The van der Waals surface area contributed by atoms with Crippen LogP contribution in [0.1, 0.15) is 30.7 Å². The summed E-state index contributed by atoms with van der Waals surface area (Å²) in [6.45, 7) is 2.58. The monoisotopic (exact) mass is 479 g/mol. The predicted molar refractivity (Wildman–Crippen MR) is 131 cm³/mol. The number of thiophene rings is 1. The molecular weight excluding hydrogens is 457 g/mol. The zero-order chi connectivity index (χ0) is 22.9. The van der Waals surface area contributed by atoms with Gasteiger partial charge >= 0.3 is 0 Å². The summed E-state index contributed by atoms with van der Waals surface area (Å²) >= 11 is 2.93. The van der Waals surface area contributed by atoms with E-state index < -0.39 is 5.25 Å². The van der Waals surface area contributed by atoms with Crippen molar-refractivity contribution >= 4 is 39.9 Å². The number of thioether (sulfide) groups is 1. The van der Waals surface area contributed by atoms with E-state index in [1.807, 2.05) is 29.3 Å². The van der Waals surface area contributed by atoms with Crippen LogP contribution in [0.5, 0.6) is 0 Å². The predicted octanol–water partition coefficient (Wildman–Crippen LogP) is 5.43. The van der Waals surface area contributed by atoms with Gasteiger partial charge in [0.05, 0.1) is 27.9 Å². The number of carbonyl (C=O) groups is 1. The van der Waals surface area contributed by atoms with E-state index >= 15 is 0 Å². The Bertz CT molecular complexity index is 1350. The van der Waals surface area contributed by atoms with Crippen molar-refractivity contribution in [2.45, 2.75) is 36.2 Å². The molecular formula is C25H22FN3O2S2. The Labute approximate surface area is 198 Å². The van der Waals surface area contributed by atoms with Crippen molar-refractivity contribution in [3.05, 3.63) is 87.1 Å². The Morgan fingerprint density at radius 2 is 1.94 bits per heavy atom. The Morgan fingerprint density at radius 3 is 2.70 bits per heavy atom. The lowest BCUT2D eigenvalue weighted by Crippen LogP contribution is -2.36. The van der Waals surface area contributed by atoms with Gasteiger partial charge in [-0.25, -0.2) is 9.37 Å². The number of hydrogen-bond donors (Lipinski definition) is 0. The molecule has 1 saturated heterocycles. The summed E-state index contributed by atoms with van der Waals surface area (Å²) in [6, 6.07) is 17.1.